The van der Waals surface area contributed by atoms with Gasteiger partial charge in [-0.05, 0) is 38.1 Å². The smallest absolute Gasteiger partial charge is 0.237 e. The normalized spacial score (nSPS) is 22.1. The van der Waals surface area contributed by atoms with Crippen molar-refractivity contribution in [3.8, 4) is 5.75 Å². The van der Waals surface area contributed by atoms with Crippen LogP contribution in [0.4, 0.5) is 11.6 Å². The summed E-state index contributed by atoms with van der Waals surface area (Å²) < 4.78 is 11.2. The van der Waals surface area contributed by atoms with Crippen molar-refractivity contribution in [3.63, 3.8) is 0 Å². The van der Waals surface area contributed by atoms with E-state index in [1.54, 1.807) is 19.1 Å². The van der Waals surface area contributed by atoms with Gasteiger partial charge in [0.25, 0.3) is 0 Å². The zero-order valence-corrected chi connectivity index (χ0v) is 21.4. The first-order chi connectivity index (χ1) is 17.2. The number of aromatic nitrogens is 2. The van der Waals surface area contributed by atoms with Crippen molar-refractivity contribution in [2.75, 3.05) is 44.7 Å². The third-order valence-corrected chi connectivity index (χ3v) is 6.30. The number of aliphatic hydroxyl groups is 2. The number of hydrogen-bond donors (Lipinski definition) is 4. The fourth-order valence-corrected chi connectivity index (χ4v) is 4.35. The maximum atomic E-state index is 13.1. The Bertz CT molecular complexity index is 1030. The van der Waals surface area contributed by atoms with Crippen molar-refractivity contribution in [2.45, 2.75) is 43.9 Å². The molecule has 1 saturated heterocycles. The third-order valence-electron chi connectivity index (χ3n) is 6.30. The summed E-state index contributed by atoms with van der Waals surface area (Å²) in [6.45, 7) is 5.33. The molecule has 1 aromatic heterocycles. The number of likely N-dealkylation sites (N-methyl/N-ethyl adjacent to an activating group) is 1. The van der Waals surface area contributed by atoms with Gasteiger partial charge in [0.1, 0.15) is 35.9 Å². The Morgan fingerprint density at radius 1 is 1.28 bits per heavy atom. The van der Waals surface area contributed by atoms with Gasteiger partial charge in [-0.25, -0.2) is 9.97 Å². The Labute approximate surface area is 211 Å². The molecule has 0 saturated carbocycles. The number of amides is 1. The minimum absolute atomic E-state index is 0.321. The van der Waals surface area contributed by atoms with E-state index < -0.39 is 37.1 Å². The highest BCUT2D eigenvalue weighted by Crippen LogP contribution is 2.31. The van der Waals surface area contributed by atoms with Crippen LogP contribution in [0.3, 0.4) is 0 Å². The average molecular weight is 501 g/mol. The SMILES string of the molecule is C=CN(c1ncnc(N(C)C)c1C)[C@H]1O[C@@H](CO)C(NC(=O)C(Cc2ccc(OC)cc2)NC)C1O. The molecule has 1 aliphatic heterocycles. The van der Waals surface area contributed by atoms with Gasteiger partial charge in [-0.1, -0.05) is 18.7 Å². The number of nitrogens with one attached hydrogen (secondary N) is 2. The number of hydrogen-bond acceptors (Lipinski definition) is 10. The summed E-state index contributed by atoms with van der Waals surface area (Å²) in [5.74, 6) is 1.62. The fraction of sp³-hybridized carbons (Fsp3) is 0.480. The number of ether oxygens (including phenoxy) is 2. The molecule has 3 unspecified atom stereocenters. The van der Waals surface area contributed by atoms with Crippen LogP contribution in [0.15, 0.2) is 43.4 Å². The molecule has 1 amide bonds. The lowest BCUT2D eigenvalue weighted by Crippen LogP contribution is -2.55. The van der Waals surface area contributed by atoms with Gasteiger partial charge in [-0.15, -0.1) is 0 Å². The summed E-state index contributed by atoms with van der Waals surface area (Å²) in [7, 11) is 7.03. The third kappa shape index (κ3) is 5.76. The van der Waals surface area contributed by atoms with Crippen LogP contribution < -0.4 is 25.2 Å². The van der Waals surface area contributed by atoms with Gasteiger partial charge < -0.3 is 40.1 Å². The van der Waals surface area contributed by atoms with Crippen LogP contribution in [0.25, 0.3) is 0 Å². The molecule has 0 aliphatic carbocycles. The zero-order chi connectivity index (χ0) is 26.4. The maximum absolute atomic E-state index is 13.1. The highest BCUT2D eigenvalue weighted by Gasteiger charge is 2.47. The molecule has 36 heavy (non-hydrogen) atoms. The summed E-state index contributed by atoms with van der Waals surface area (Å²) in [6, 6.07) is 6.04. The molecule has 3 rings (SSSR count). The quantitative estimate of drug-likeness (QED) is 0.339. The number of nitrogens with zero attached hydrogens (tertiary/aromatic N) is 4. The molecule has 1 fully saturated rings. The van der Waals surface area contributed by atoms with Crippen LogP contribution >= 0.6 is 0 Å². The fourth-order valence-electron chi connectivity index (χ4n) is 4.35. The highest BCUT2D eigenvalue weighted by molar-refractivity contribution is 5.82. The van der Waals surface area contributed by atoms with Crippen LogP contribution in [-0.2, 0) is 16.0 Å². The van der Waals surface area contributed by atoms with Crippen molar-refractivity contribution in [1.29, 1.82) is 0 Å². The molecular formula is C25H36N6O5. The second-order valence-corrected chi connectivity index (χ2v) is 8.80. The number of rotatable bonds is 11. The van der Waals surface area contributed by atoms with Gasteiger partial charge in [0.15, 0.2) is 6.23 Å². The second-order valence-electron chi connectivity index (χ2n) is 8.80. The Balaban J connectivity index is 1.78. The molecule has 1 aromatic carbocycles. The Morgan fingerprint density at radius 3 is 2.50 bits per heavy atom. The lowest BCUT2D eigenvalue weighted by atomic mass is 10.0. The molecule has 0 radical (unpaired) electrons. The minimum atomic E-state index is -1.17. The number of methoxy groups -OCH3 is 1. The lowest BCUT2D eigenvalue weighted by Gasteiger charge is -2.30. The molecule has 5 atom stereocenters. The van der Waals surface area contributed by atoms with E-state index in [4.69, 9.17) is 9.47 Å². The van der Waals surface area contributed by atoms with Gasteiger partial charge >= 0.3 is 0 Å². The largest absolute Gasteiger partial charge is 0.497 e. The molecule has 2 aromatic rings. The Morgan fingerprint density at radius 2 is 1.94 bits per heavy atom. The minimum Gasteiger partial charge on any atom is -0.497 e. The molecular weight excluding hydrogens is 464 g/mol. The molecule has 0 spiro atoms. The van der Waals surface area contributed by atoms with Crippen molar-refractivity contribution in [2.24, 2.45) is 0 Å². The van der Waals surface area contributed by atoms with Gasteiger partial charge in [0.05, 0.1) is 25.8 Å². The predicted molar refractivity (Wildman–Crippen MR) is 137 cm³/mol. The van der Waals surface area contributed by atoms with Crippen LogP contribution in [0, 0.1) is 6.92 Å². The van der Waals surface area contributed by atoms with E-state index in [0.29, 0.717) is 18.1 Å². The highest BCUT2D eigenvalue weighted by atomic mass is 16.5. The van der Waals surface area contributed by atoms with Crippen molar-refractivity contribution in [1.82, 2.24) is 20.6 Å². The van der Waals surface area contributed by atoms with E-state index in [2.05, 4.69) is 27.2 Å². The molecule has 196 valence electrons. The van der Waals surface area contributed by atoms with E-state index in [0.717, 1.165) is 16.9 Å². The first kappa shape index (κ1) is 27.3. The van der Waals surface area contributed by atoms with Gasteiger partial charge in [-0.3, -0.25) is 4.79 Å². The van der Waals surface area contributed by atoms with Crippen LogP contribution in [0.1, 0.15) is 11.1 Å². The monoisotopic (exact) mass is 500 g/mol. The summed E-state index contributed by atoms with van der Waals surface area (Å²) in [5, 5.41) is 27.1. The average Bonchev–Trinajstić information content (AvgIpc) is 3.18. The summed E-state index contributed by atoms with van der Waals surface area (Å²) >= 11 is 0. The van der Waals surface area contributed by atoms with Crippen molar-refractivity contribution < 1.29 is 24.5 Å². The zero-order valence-electron chi connectivity index (χ0n) is 21.4. The lowest BCUT2D eigenvalue weighted by molar-refractivity contribution is -0.124. The molecule has 0 bridgehead atoms. The van der Waals surface area contributed by atoms with E-state index >= 15 is 0 Å². The van der Waals surface area contributed by atoms with Gasteiger partial charge in [0.2, 0.25) is 5.91 Å². The molecule has 2 heterocycles. The maximum Gasteiger partial charge on any atom is 0.237 e. The first-order valence-electron chi connectivity index (χ1n) is 11.7. The molecule has 11 nitrogen and oxygen atoms in total. The summed E-state index contributed by atoms with van der Waals surface area (Å²) in [6.07, 6.45) is 0.430. The topological polar surface area (TPSA) is 132 Å². The van der Waals surface area contributed by atoms with E-state index in [1.165, 1.54) is 12.5 Å². The van der Waals surface area contributed by atoms with E-state index in [1.807, 2.05) is 50.2 Å². The van der Waals surface area contributed by atoms with E-state index in [9.17, 15) is 15.0 Å². The standard InChI is InChI=1S/C25H36N6O5/c1-7-31(23-15(2)22(30(4)5)27-14-28-23)25-21(33)20(19(13-32)36-25)29-24(34)18(26-3)12-16-8-10-17(35-6)11-9-16/h7-11,14,18-21,25-26,32-33H,1,12-13H2,2-6H3,(H,29,34)/t18?,19-,20?,21?,25-/m0/s1. The Hall–Kier alpha value is -3.25. The number of aliphatic hydroxyl groups excluding tert-OH is 2. The van der Waals surface area contributed by atoms with Crippen LogP contribution in [-0.4, -0.2) is 91.5 Å². The summed E-state index contributed by atoms with van der Waals surface area (Å²) in [4.78, 5) is 25.3. The molecule has 11 heteroatoms. The predicted octanol–water partition coefficient (Wildman–Crippen LogP) is 0.203. The van der Waals surface area contributed by atoms with Crippen LogP contribution in [0.2, 0.25) is 0 Å². The van der Waals surface area contributed by atoms with E-state index in [-0.39, 0.29) is 5.91 Å². The van der Waals surface area contributed by atoms with Gasteiger partial charge in [-0.2, -0.15) is 0 Å². The second kappa shape index (κ2) is 12.1. The molecule has 1 aliphatic rings. The summed E-state index contributed by atoms with van der Waals surface area (Å²) in [5.41, 5.74) is 1.71. The molecule has 4 N–H and O–H groups in total. The van der Waals surface area contributed by atoms with Crippen molar-refractivity contribution in [3.05, 3.63) is 54.5 Å². The van der Waals surface area contributed by atoms with Crippen molar-refractivity contribution >= 4 is 17.5 Å². The van der Waals surface area contributed by atoms with Crippen LogP contribution in [0.5, 0.6) is 5.75 Å². The number of benzene rings is 1. The Kier molecular flexibility index (Phi) is 9.21. The first-order valence-corrected chi connectivity index (χ1v) is 11.7. The number of carbonyl (C=O) groups is 1. The number of carbonyl (C=O) groups excluding carboxylic acids is 1. The number of anilines is 2. The van der Waals surface area contributed by atoms with Gasteiger partial charge in [0, 0.05) is 25.9 Å².